The number of hydrogen-bond donors (Lipinski definition) is 0. The van der Waals surface area contributed by atoms with Crippen molar-refractivity contribution < 1.29 is 4.79 Å². The normalized spacial score (nSPS) is 42.4. The van der Waals surface area contributed by atoms with Gasteiger partial charge in [0.1, 0.15) is 5.78 Å². The molecule has 1 heteroatoms. The standard InChI is InChI=1S/C11H18O/c1-11-7-3-2-6-10(12)9(11)5-4-8-11/h9H,2-8H2,1H3. The summed E-state index contributed by atoms with van der Waals surface area (Å²) in [6, 6.07) is 0. The van der Waals surface area contributed by atoms with Crippen LogP contribution in [0.3, 0.4) is 0 Å². The first kappa shape index (κ1) is 8.28. The molecule has 2 fully saturated rings. The highest BCUT2D eigenvalue weighted by atomic mass is 16.1. The van der Waals surface area contributed by atoms with Crippen molar-refractivity contribution in [3.8, 4) is 0 Å². The smallest absolute Gasteiger partial charge is 0.136 e. The van der Waals surface area contributed by atoms with Crippen LogP contribution in [0.5, 0.6) is 0 Å². The Kier molecular flexibility index (Phi) is 1.97. The van der Waals surface area contributed by atoms with E-state index in [1.54, 1.807) is 0 Å². The van der Waals surface area contributed by atoms with E-state index in [0.29, 0.717) is 17.1 Å². The van der Waals surface area contributed by atoms with Crippen molar-refractivity contribution in [1.82, 2.24) is 0 Å². The van der Waals surface area contributed by atoms with Crippen molar-refractivity contribution in [2.75, 3.05) is 0 Å². The molecule has 0 saturated heterocycles. The molecular formula is C11H18O. The first-order valence-corrected chi connectivity index (χ1v) is 5.25. The average Bonchev–Trinajstić information content (AvgIpc) is 2.36. The summed E-state index contributed by atoms with van der Waals surface area (Å²) in [4.78, 5) is 11.7. The third-order valence-corrected chi connectivity index (χ3v) is 3.89. The zero-order valence-electron chi connectivity index (χ0n) is 7.94. The monoisotopic (exact) mass is 166 g/mol. The predicted molar refractivity (Wildman–Crippen MR) is 48.9 cm³/mol. The molecule has 0 bridgehead atoms. The van der Waals surface area contributed by atoms with Crippen LogP contribution in [0.25, 0.3) is 0 Å². The molecule has 2 aliphatic carbocycles. The van der Waals surface area contributed by atoms with Gasteiger partial charge in [-0.1, -0.05) is 19.8 Å². The Balaban J connectivity index is 2.21. The van der Waals surface area contributed by atoms with Crippen LogP contribution < -0.4 is 0 Å². The van der Waals surface area contributed by atoms with Gasteiger partial charge in [0.15, 0.2) is 0 Å². The predicted octanol–water partition coefficient (Wildman–Crippen LogP) is 2.94. The summed E-state index contributed by atoms with van der Waals surface area (Å²) >= 11 is 0. The number of fused-ring (bicyclic) bond motifs is 1. The quantitative estimate of drug-likeness (QED) is 0.540. The van der Waals surface area contributed by atoms with E-state index in [-0.39, 0.29) is 0 Å². The molecule has 68 valence electrons. The van der Waals surface area contributed by atoms with E-state index in [1.165, 1.54) is 32.1 Å². The van der Waals surface area contributed by atoms with E-state index in [9.17, 15) is 4.79 Å². The number of rotatable bonds is 0. The van der Waals surface area contributed by atoms with Gasteiger partial charge in [0.25, 0.3) is 0 Å². The molecule has 1 nitrogen and oxygen atoms in total. The molecule has 0 aromatic rings. The van der Waals surface area contributed by atoms with Crippen molar-refractivity contribution in [3.05, 3.63) is 0 Å². The summed E-state index contributed by atoms with van der Waals surface area (Å²) < 4.78 is 0. The van der Waals surface area contributed by atoms with Gasteiger partial charge in [-0.25, -0.2) is 0 Å². The maximum Gasteiger partial charge on any atom is 0.136 e. The summed E-state index contributed by atoms with van der Waals surface area (Å²) in [6.07, 6.45) is 8.33. The highest BCUT2D eigenvalue weighted by Gasteiger charge is 2.43. The van der Waals surface area contributed by atoms with Crippen molar-refractivity contribution in [2.24, 2.45) is 11.3 Å². The molecule has 0 aromatic carbocycles. The first-order chi connectivity index (χ1) is 5.72. The third kappa shape index (κ3) is 1.19. The van der Waals surface area contributed by atoms with Crippen LogP contribution in [0.2, 0.25) is 0 Å². The molecule has 0 amide bonds. The van der Waals surface area contributed by atoms with Gasteiger partial charge in [-0.15, -0.1) is 0 Å². The maximum absolute atomic E-state index is 11.7. The van der Waals surface area contributed by atoms with Gasteiger partial charge in [-0.05, 0) is 31.1 Å². The Bertz CT molecular complexity index is 197. The van der Waals surface area contributed by atoms with E-state index in [0.717, 1.165) is 12.8 Å². The third-order valence-electron chi connectivity index (χ3n) is 3.89. The molecule has 2 aliphatic rings. The van der Waals surface area contributed by atoms with Crippen LogP contribution in [0, 0.1) is 11.3 Å². The summed E-state index contributed by atoms with van der Waals surface area (Å²) in [6.45, 7) is 2.33. The molecular weight excluding hydrogens is 148 g/mol. The van der Waals surface area contributed by atoms with Crippen LogP contribution in [-0.4, -0.2) is 5.78 Å². The van der Waals surface area contributed by atoms with E-state index in [1.807, 2.05) is 0 Å². The Hall–Kier alpha value is -0.330. The maximum atomic E-state index is 11.7. The van der Waals surface area contributed by atoms with E-state index >= 15 is 0 Å². The van der Waals surface area contributed by atoms with Gasteiger partial charge >= 0.3 is 0 Å². The Morgan fingerprint density at radius 2 is 2.00 bits per heavy atom. The SMILES string of the molecule is CC12CCCCC(=O)C1CCC2. The van der Waals surface area contributed by atoms with Gasteiger partial charge in [0.2, 0.25) is 0 Å². The fourth-order valence-corrected chi connectivity index (χ4v) is 3.08. The summed E-state index contributed by atoms with van der Waals surface area (Å²) in [7, 11) is 0. The van der Waals surface area contributed by atoms with Crippen molar-refractivity contribution >= 4 is 5.78 Å². The van der Waals surface area contributed by atoms with Crippen LogP contribution in [0.15, 0.2) is 0 Å². The molecule has 0 N–H and O–H groups in total. The second-order valence-electron chi connectivity index (χ2n) is 4.77. The van der Waals surface area contributed by atoms with Crippen LogP contribution in [-0.2, 0) is 4.79 Å². The molecule has 2 unspecified atom stereocenters. The van der Waals surface area contributed by atoms with Crippen molar-refractivity contribution in [2.45, 2.75) is 51.9 Å². The minimum atomic E-state index is 0.396. The van der Waals surface area contributed by atoms with Crippen LogP contribution in [0.4, 0.5) is 0 Å². The van der Waals surface area contributed by atoms with Gasteiger partial charge in [-0.3, -0.25) is 4.79 Å². The lowest BCUT2D eigenvalue weighted by atomic mass is 9.76. The number of Topliss-reactive ketones (excluding diaryl/α,β-unsaturated/α-hetero) is 1. The lowest BCUT2D eigenvalue weighted by molar-refractivity contribution is -0.125. The second-order valence-corrected chi connectivity index (χ2v) is 4.77. The Labute approximate surface area is 74.5 Å². The minimum absolute atomic E-state index is 0.396. The molecule has 0 spiro atoms. The molecule has 12 heavy (non-hydrogen) atoms. The molecule has 0 aromatic heterocycles. The van der Waals surface area contributed by atoms with Gasteiger partial charge in [-0.2, -0.15) is 0 Å². The Morgan fingerprint density at radius 1 is 1.25 bits per heavy atom. The zero-order valence-corrected chi connectivity index (χ0v) is 7.94. The molecule has 2 saturated carbocycles. The van der Waals surface area contributed by atoms with Crippen LogP contribution >= 0.6 is 0 Å². The fraction of sp³-hybridized carbons (Fsp3) is 0.909. The first-order valence-electron chi connectivity index (χ1n) is 5.25. The second kappa shape index (κ2) is 2.86. The summed E-state index contributed by atoms with van der Waals surface area (Å²) in [5.74, 6) is 0.993. The summed E-state index contributed by atoms with van der Waals surface area (Å²) in [5, 5.41) is 0. The van der Waals surface area contributed by atoms with E-state index in [4.69, 9.17) is 0 Å². The highest BCUT2D eigenvalue weighted by Crippen LogP contribution is 2.49. The molecule has 0 radical (unpaired) electrons. The van der Waals surface area contributed by atoms with E-state index < -0.39 is 0 Å². The average molecular weight is 166 g/mol. The molecule has 2 rings (SSSR count). The number of ketones is 1. The topological polar surface area (TPSA) is 17.1 Å². The largest absolute Gasteiger partial charge is 0.299 e. The highest BCUT2D eigenvalue weighted by molar-refractivity contribution is 5.82. The fourth-order valence-electron chi connectivity index (χ4n) is 3.08. The van der Waals surface area contributed by atoms with E-state index in [2.05, 4.69) is 6.92 Å². The van der Waals surface area contributed by atoms with Crippen molar-refractivity contribution in [1.29, 1.82) is 0 Å². The minimum Gasteiger partial charge on any atom is -0.299 e. The lowest BCUT2D eigenvalue weighted by Gasteiger charge is -2.28. The van der Waals surface area contributed by atoms with Crippen molar-refractivity contribution in [3.63, 3.8) is 0 Å². The lowest BCUT2D eigenvalue weighted by Crippen LogP contribution is -2.26. The number of hydrogen-bond acceptors (Lipinski definition) is 1. The Morgan fingerprint density at radius 3 is 2.83 bits per heavy atom. The molecule has 0 heterocycles. The number of carbonyl (C=O) groups excluding carboxylic acids is 1. The van der Waals surface area contributed by atoms with Gasteiger partial charge in [0, 0.05) is 12.3 Å². The molecule has 2 atom stereocenters. The zero-order chi connectivity index (χ0) is 8.60. The summed E-state index contributed by atoms with van der Waals surface area (Å²) in [5.41, 5.74) is 0.396. The van der Waals surface area contributed by atoms with Crippen LogP contribution in [0.1, 0.15) is 51.9 Å². The van der Waals surface area contributed by atoms with Gasteiger partial charge in [0.05, 0.1) is 0 Å². The van der Waals surface area contributed by atoms with Gasteiger partial charge < -0.3 is 0 Å². The number of carbonyl (C=O) groups is 1. The molecule has 0 aliphatic heterocycles.